The minimum atomic E-state index is -3.53. The van der Waals surface area contributed by atoms with Gasteiger partial charge in [0, 0.05) is 22.3 Å². The van der Waals surface area contributed by atoms with Crippen LogP contribution in [0.4, 0.5) is 0 Å². The van der Waals surface area contributed by atoms with Crippen LogP contribution >= 0.6 is 14.5 Å². The normalized spacial score (nSPS) is 12.2. The van der Waals surface area contributed by atoms with Crippen molar-refractivity contribution in [1.82, 2.24) is 0 Å². The van der Waals surface area contributed by atoms with Crippen molar-refractivity contribution in [2.75, 3.05) is 0 Å². The van der Waals surface area contributed by atoms with E-state index in [4.69, 9.17) is 4.52 Å². The molecule has 3 nitrogen and oxygen atoms in total. The molecule has 0 amide bonds. The monoisotopic (exact) mass is 564 g/mol. The molecule has 0 saturated carbocycles. The average molecular weight is 565 g/mol. The van der Waals surface area contributed by atoms with Gasteiger partial charge < -0.3 is 9.09 Å². The standard InChI is InChI=1S/C35H34O3P2/c1-35(2,3)29-24-25-34(38-40(37,32-20-12-6-13-21-32)33-22-14-7-15-23-33)28(26-29)27-39(36,30-16-8-4-9-17-30)31-18-10-5-11-19-31/h4-26H,27H2,1-3H3. The van der Waals surface area contributed by atoms with Crippen molar-refractivity contribution in [3.05, 3.63) is 151 Å². The highest BCUT2D eigenvalue weighted by Crippen LogP contribution is 2.52. The van der Waals surface area contributed by atoms with E-state index >= 15 is 4.57 Å². The molecule has 40 heavy (non-hydrogen) atoms. The first-order valence-corrected chi connectivity index (χ1v) is 17.0. The van der Waals surface area contributed by atoms with Crippen LogP contribution in [-0.2, 0) is 20.7 Å². The Bertz CT molecular complexity index is 1570. The lowest BCUT2D eigenvalue weighted by molar-refractivity contribution is 0.499. The molecule has 0 aliphatic heterocycles. The first-order valence-electron chi connectivity index (χ1n) is 13.4. The van der Waals surface area contributed by atoms with E-state index in [-0.39, 0.29) is 11.6 Å². The smallest absolute Gasteiger partial charge is 0.306 e. The van der Waals surface area contributed by atoms with E-state index in [0.717, 1.165) is 21.7 Å². The Morgan fingerprint density at radius 1 is 0.550 bits per heavy atom. The van der Waals surface area contributed by atoms with Crippen molar-refractivity contribution < 1.29 is 13.7 Å². The van der Waals surface area contributed by atoms with Crippen molar-refractivity contribution in [2.24, 2.45) is 0 Å². The van der Waals surface area contributed by atoms with Gasteiger partial charge in [0.25, 0.3) is 0 Å². The van der Waals surface area contributed by atoms with Crippen LogP contribution in [0.1, 0.15) is 31.9 Å². The van der Waals surface area contributed by atoms with Gasteiger partial charge in [0.1, 0.15) is 12.9 Å². The number of benzene rings is 5. The second-order valence-corrected chi connectivity index (χ2v) is 16.1. The predicted molar refractivity (Wildman–Crippen MR) is 169 cm³/mol. The maximum Gasteiger partial charge on any atom is 0.306 e. The summed E-state index contributed by atoms with van der Waals surface area (Å²) in [6.07, 6.45) is 0.240. The Hall–Kier alpha value is -3.64. The van der Waals surface area contributed by atoms with Gasteiger partial charge in [-0.3, -0.25) is 4.57 Å². The lowest BCUT2D eigenvalue weighted by atomic mass is 9.86. The third kappa shape index (κ3) is 5.78. The average Bonchev–Trinajstić information content (AvgIpc) is 2.99. The Morgan fingerprint density at radius 2 is 0.950 bits per heavy atom. The van der Waals surface area contributed by atoms with Gasteiger partial charge in [-0.25, -0.2) is 0 Å². The molecule has 0 saturated heterocycles. The quantitative estimate of drug-likeness (QED) is 0.181. The van der Waals surface area contributed by atoms with Crippen molar-refractivity contribution in [3.8, 4) is 5.75 Å². The van der Waals surface area contributed by atoms with Crippen molar-refractivity contribution in [1.29, 1.82) is 0 Å². The summed E-state index contributed by atoms with van der Waals surface area (Å²) in [5, 5.41) is 2.79. The number of hydrogen-bond acceptors (Lipinski definition) is 3. The molecule has 5 rings (SSSR count). The molecule has 0 fully saturated rings. The van der Waals surface area contributed by atoms with Crippen molar-refractivity contribution in [3.63, 3.8) is 0 Å². The van der Waals surface area contributed by atoms with Crippen LogP contribution < -0.4 is 25.7 Å². The molecule has 0 aliphatic carbocycles. The van der Waals surface area contributed by atoms with Crippen molar-refractivity contribution in [2.45, 2.75) is 32.3 Å². The number of rotatable bonds is 8. The lowest BCUT2D eigenvalue weighted by Gasteiger charge is -2.27. The van der Waals surface area contributed by atoms with Crippen LogP contribution in [0, 0.1) is 0 Å². The van der Waals surface area contributed by atoms with E-state index in [1.54, 1.807) is 0 Å². The molecule has 0 radical (unpaired) electrons. The molecule has 0 aliphatic rings. The molecule has 5 heteroatoms. The van der Waals surface area contributed by atoms with E-state index < -0.39 is 14.5 Å². The molecule has 0 atom stereocenters. The largest absolute Gasteiger partial charge is 0.437 e. The number of hydrogen-bond donors (Lipinski definition) is 0. The lowest BCUT2D eigenvalue weighted by Crippen LogP contribution is -2.21. The second kappa shape index (κ2) is 11.5. The Kier molecular flexibility index (Phi) is 7.99. The summed E-state index contributed by atoms with van der Waals surface area (Å²) in [5.41, 5.74) is 1.73. The zero-order chi connectivity index (χ0) is 28.2. The summed E-state index contributed by atoms with van der Waals surface area (Å²) in [6.45, 7) is 6.46. The first-order chi connectivity index (χ1) is 19.2. The van der Waals surface area contributed by atoms with Crippen LogP contribution in [0.15, 0.2) is 140 Å². The van der Waals surface area contributed by atoms with Gasteiger partial charge in [0.2, 0.25) is 0 Å². The maximum atomic E-state index is 15.1. The van der Waals surface area contributed by atoms with E-state index in [1.165, 1.54) is 0 Å². The molecule has 0 unspecified atom stereocenters. The highest BCUT2D eigenvalue weighted by atomic mass is 31.2. The van der Waals surface area contributed by atoms with Crippen LogP contribution in [0.25, 0.3) is 0 Å². The van der Waals surface area contributed by atoms with Crippen LogP contribution in [0.5, 0.6) is 5.75 Å². The third-order valence-corrected chi connectivity index (χ3v) is 12.5. The van der Waals surface area contributed by atoms with Crippen LogP contribution in [-0.4, -0.2) is 0 Å². The summed E-state index contributed by atoms with van der Waals surface area (Å²) < 4.78 is 36.5. The minimum absolute atomic E-state index is 0.140. The summed E-state index contributed by atoms with van der Waals surface area (Å²) in [5.74, 6) is 0.483. The van der Waals surface area contributed by atoms with Crippen LogP contribution in [0.3, 0.4) is 0 Å². The predicted octanol–water partition coefficient (Wildman–Crippen LogP) is 7.81. The first kappa shape index (κ1) is 27.9. The van der Waals surface area contributed by atoms with Gasteiger partial charge in [-0.15, -0.1) is 0 Å². The summed E-state index contributed by atoms with van der Waals surface area (Å²) >= 11 is 0. The molecule has 5 aromatic rings. The molecule has 0 N–H and O–H groups in total. The zero-order valence-electron chi connectivity index (χ0n) is 23.1. The van der Waals surface area contributed by atoms with E-state index in [2.05, 4.69) is 26.8 Å². The molecule has 0 heterocycles. The molecular weight excluding hydrogens is 530 g/mol. The van der Waals surface area contributed by atoms with Gasteiger partial charge in [0.05, 0.1) is 10.6 Å². The molecule has 0 spiro atoms. The minimum Gasteiger partial charge on any atom is -0.437 e. The third-order valence-electron chi connectivity index (χ3n) is 7.09. The molecule has 202 valence electrons. The molecule has 5 aromatic carbocycles. The molecular formula is C35H34O3P2. The fourth-order valence-corrected chi connectivity index (χ4v) is 9.60. The Morgan fingerprint density at radius 3 is 1.35 bits per heavy atom. The maximum absolute atomic E-state index is 15.1. The van der Waals surface area contributed by atoms with Gasteiger partial charge in [-0.05, 0) is 41.3 Å². The Labute approximate surface area is 237 Å². The summed E-state index contributed by atoms with van der Waals surface area (Å²) in [6, 6.07) is 43.9. The van der Waals surface area contributed by atoms with E-state index in [9.17, 15) is 4.57 Å². The molecule has 0 bridgehead atoms. The van der Waals surface area contributed by atoms with Gasteiger partial charge >= 0.3 is 7.37 Å². The van der Waals surface area contributed by atoms with Gasteiger partial charge in [-0.2, -0.15) is 0 Å². The second-order valence-electron chi connectivity index (χ2n) is 11.0. The van der Waals surface area contributed by atoms with E-state index in [0.29, 0.717) is 16.4 Å². The Balaban J connectivity index is 1.69. The van der Waals surface area contributed by atoms with Crippen LogP contribution in [0.2, 0.25) is 0 Å². The topological polar surface area (TPSA) is 43.4 Å². The van der Waals surface area contributed by atoms with Crippen molar-refractivity contribution >= 4 is 35.7 Å². The highest BCUT2D eigenvalue weighted by Gasteiger charge is 2.34. The fraction of sp³-hybridized carbons (Fsp3) is 0.143. The van der Waals surface area contributed by atoms with Gasteiger partial charge in [0.15, 0.2) is 0 Å². The zero-order valence-corrected chi connectivity index (χ0v) is 24.9. The molecule has 0 aromatic heterocycles. The fourth-order valence-electron chi connectivity index (χ4n) is 4.81. The van der Waals surface area contributed by atoms with Gasteiger partial charge in [-0.1, -0.05) is 130 Å². The highest BCUT2D eigenvalue weighted by molar-refractivity contribution is 7.78. The summed E-state index contributed by atoms with van der Waals surface area (Å²) in [4.78, 5) is 0. The van der Waals surface area contributed by atoms with E-state index in [1.807, 2.05) is 133 Å². The SMILES string of the molecule is CC(C)(C)c1ccc(OP(=O)(c2ccccc2)c2ccccc2)c(CP(=O)(c2ccccc2)c2ccccc2)c1. The summed E-state index contributed by atoms with van der Waals surface area (Å²) in [7, 11) is -6.65.